The summed E-state index contributed by atoms with van der Waals surface area (Å²) in [7, 11) is 0. The number of aromatic hydroxyl groups is 1. The van der Waals surface area contributed by atoms with Gasteiger partial charge in [-0.1, -0.05) is 27.7 Å². The van der Waals surface area contributed by atoms with Crippen molar-refractivity contribution in [2.24, 2.45) is 0 Å². The van der Waals surface area contributed by atoms with Crippen LogP contribution in [0.1, 0.15) is 50.7 Å². The van der Waals surface area contributed by atoms with Gasteiger partial charge in [0.25, 0.3) is 0 Å². The number of rotatable bonds is 3. The molecule has 0 aliphatic rings. The second-order valence-corrected chi connectivity index (χ2v) is 5.94. The SMILES string of the molecule is CC(C)c1cc(-c2ccc(F)cc2F)cc(C(C)C)c1O. The summed E-state index contributed by atoms with van der Waals surface area (Å²) in [6.45, 7) is 7.90. The zero-order valence-electron chi connectivity index (χ0n) is 12.7. The minimum absolute atomic E-state index is 0.117. The Morgan fingerprint density at radius 1 is 0.857 bits per heavy atom. The topological polar surface area (TPSA) is 20.2 Å². The van der Waals surface area contributed by atoms with Crippen molar-refractivity contribution in [1.29, 1.82) is 0 Å². The van der Waals surface area contributed by atoms with E-state index in [1.54, 1.807) is 12.1 Å². The predicted molar refractivity (Wildman–Crippen MR) is 81.6 cm³/mol. The predicted octanol–water partition coefficient (Wildman–Crippen LogP) is 5.58. The maximum absolute atomic E-state index is 14.0. The van der Waals surface area contributed by atoms with Crippen molar-refractivity contribution in [2.45, 2.75) is 39.5 Å². The highest BCUT2D eigenvalue weighted by Crippen LogP contribution is 2.38. The van der Waals surface area contributed by atoms with Gasteiger partial charge in [0, 0.05) is 11.6 Å². The average molecular weight is 290 g/mol. The van der Waals surface area contributed by atoms with E-state index in [1.807, 2.05) is 27.7 Å². The molecule has 0 amide bonds. The fourth-order valence-corrected chi connectivity index (χ4v) is 2.44. The first kappa shape index (κ1) is 15.5. The molecule has 0 unspecified atom stereocenters. The summed E-state index contributed by atoms with van der Waals surface area (Å²) in [5.74, 6) is -0.684. The van der Waals surface area contributed by atoms with E-state index in [-0.39, 0.29) is 17.6 Å². The van der Waals surface area contributed by atoms with Crippen LogP contribution in [0, 0.1) is 11.6 Å². The first-order valence-electron chi connectivity index (χ1n) is 7.13. The largest absolute Gasteiger partial charge is 0.507 e. The first-order valence-corrected chi connectivity index (χ1v) is 7.13. The van der Waals surface area contributed by atoms with Gasteiger partial charge in [-0.15, -0.1) is 0 Å². The molecule has 0 aromatic heterocycles. The molecular weight excluding hydrogens is 270 g/mol. The van der Waals surface area contributed by atoms with Crippen LogP contribution in [0.2, 0.25) is 0 Å². The smallest absolute Gasteiger partial charge is 0.133 e. The molecule has 2 aromatic carbocycles. The lowest BCUT2D eigenvalue weighted by atomic mass is 9.89. The molecular formula is C18H20F2O. The molecule has 0 radical (unpaired) electrons. The summed E-state index contributed by atoms with van der Waals surface area (Å²) < 4.78 is 27.1. The summed E-state index contributed by atoms with van der Waals surface area (Å²) in [5, 5.41) is 10.4. The molecule has 0 heterocycles. The fraction of sp³-hybridized carbons (Fsp3) is 0.333. The molecule has 21 heavy (non-hydrogen) atoms. The Morgan fingerprint density at radius 2 is 1.38 bits per heavy atom. The maximum Gasteiger partial charge on any atom is 0.133 e. The summed E-state index contributed by atoms with van der Waals surface area (Å²) in [5.41, 5.74) is 2.57. The van der Waals surface area contributed by atoms with Crippen LogP contribution < -0.4 is 0 Å². The number of hydrogen-bond acceptors (Lipinski definition) is 1. The van der Waals surface area contributed by atoms with E-state index in [1.165, 1.54) is 12.1 Å². The second kappa shape index (κ2) is 5.84. The molecule has 2 aromatic rings. The molecule has 0 spiro atoms. The van der Waals surface area contributed by atoms with E-state index in [2.05, 4.69) is 0 Å². The maximum atomic E-state index is 14.0. The van der Waals surface area contributed by atoms with Crippen LogP contribution in [0.15, 0.2) is 30.3 Å². The minimum atomic E-state index is -0.594. The summed E-state index contributed by atoms with van der Waals surface area (Å²) in [6.07, 6.45) is 0. The van der Waals surface area contributed by atoms with Gasteiger partial charge >= 0.3 is 0 Å². The van der Waals surface area contributed by atoms with Gasteiger partial charge in [0.05, 0.1) is 0 Å². The third kappa shape index (κ3) is 3.07. The quantitative estimate of drug-likeness (QED) is 0.782. The van der Waals surface area contributed by atoms with Crippen molar-refractivity contribution in [2.75, 3.05) is 0 Å². The second-order valence-electron chi connectivity index (χ2n) is 5.94. The Morgan fingerprint density at radius 3 is 1.81 bits per heavy atom. The minimum Gasteiger partial charge on any atom is -0.507 e. The van der Waals surface area contributed by atoms with Gasteiger partial charge in [0.2, 0.25) is 0 Å². The van der Waals surface area contributed by atoms with Gasteiger partial charge in [0.1, 0.15) is 17.4 Å². The summed E-state index contributed by atoms with van der Waals surface area (Å²) >= 11 is 0. The third-order valence-corrected chi connectivity index (χ3v) is 3.66. The van der Waals surface area contributed by atoms with E-state index >= 15 is 0 Å². The van der Waals surface area contributed by atoms with Crippen molar-refractivity contribution in [3.63, 3.8) is 0 Å². The van der Waals surface area contributed by atoms with Gasteiger partial charge in [-0.3, -0.25) is 0 Å². The molecule has 0 atom stereocenters. The molecule has 0 saturated carbocycles. The number of hydrogen-bond donors (Lipinski definition) is 1. The van der Waals surface area contributed by atoms with E-state index in [4.69, 9.17) is 0 Å². The lowest BCUT2D eigenvalue weighted by molar-refractivity contribution is 0.454. The van der Waals surface area contributed by atoms with Crippen LogP contribution in [0.25, 0.3) is 11.1 Å². The fourth-order valence-electron chi connectivity index (χ4n) is 2.44. The third-order valence-electron chi connectivity index (χ3n) is 3.66. The highest BCUT2D eigenvalue weighted by atomic mass is 19.1. The molecule has 1 nitrogen and oxygen atoms in total. The van der Waals surface area contributed by atoms with E-state index in [0.29, 0.717) is 11.1 Å². The Bertz CT molecular complexity index is 631. The van der Waals surface area contributed by atoms with Gasteiger partial charge in [-0.2, -0.15) is 0 Å². The molecule has 0 aliphatic carbocycles. The standard InChI is InChI=1S/C18H20F2O/c1-10(2)15-7-12(8-16(11(3)4)18(15)21)14-6-5-13(19)9-17(14)20/h5-11,21H,1-4H3. The van der Waals surface area contributed by atoms with Crippen LogP contribution in [-0.2, 0) is 0 Å². The molecule has 0 aliphatic heterocycles. The molecule has 0 bridgehead atoms. The van der Waals surface area contributed by atoms with Gasteiger partial charge < -0.3 is 5.11 Å². The Hall–Kier alpha value is -1.90. The number of halogens is 2. The van der Waals surface area contributed by atoms with Crippen LogP contribution in [0.3, 0.4) is 0 Å². The molecule has 3 heteroatoms. The highest BCUT2D eigenvalue weighted by molar-refractivity contribution is 5.68. The molecule has 1 N–H and O–H groups in total. The molecule has 112 valence electrons. The number of phenolic OH excluding ortho intramolecular Hbond substituents is 1. The van der Waals surface area contributed by atoms with Gasteiger partial charge in [-0.25, -0.2) is 8.78 Å². The first-order chi connectivity index (χ1) is 9.81. The van der Waals surface area contributed by atoms with Crippen molar-refractivity contribution < 1.29 is 13.9 Å². The van der Waals surface area contributed by atoms with Gasteiger partial charge in [0.15, 0.2) is 0 Å². The van der Waals surface area contributed by atoms with Crippen LogP contribution in [-0.4, -0.2) is 5.11 Å². The van der Waals surface area contributed by atoms with Crippen molar-refractivity contribution in [3.8, 4) is 16.9 Å². The number of phenols is 1. The van der Waals surface area contributed by atoms with Crippen molar-refractivity contribution >= 4 is 0 Å². The number of benzene rings is 2. The van der Waals surface area contributed by atoms with Crippen molar-refractivity contribution in [3.05, 3.63) is 53.1 Å². The highest BCUT2D eigenvalue weighted by Gasteiger charge is 2.17. The van der Waals surface area contributed by atoms with Crippen LogP contribution in [0.5, 0.6) is 5.75 Å². The Balaban J connectivity index is 2.69. The zero-order chi connectivity index (χ0) is 15.7. The lowest BCUT2D eigenvalue weighted by Crippen LogP contribution is -1.98. The Kier molecular flexibility index (Phi) is 4.31. The van der Waals surface area contributed by atoms with E-state index in [9.17, 15) is 13.9 Å². The average Bonchev–Trinajstić information content (AvgIpc) is 2.38. The lowest BCUT2D eigenvalue weighted by Gasteiger charge is -2.18. The molecule has 0 fully saturated rings. The van der Waals surface area contributed by atoms with Crippen molar-refractivity contribution in [1.82, 2.24) is 0 Å². The summed E-state index contributed by atoms with van der Waals surface area (Å²) in [6, 6.07) is 7.12. The normalized spacial score (nSPS) is 11.4. The monoisotopic (exact) mass is 290 g/mol. The van der Waals surface area contributed by atoms with E-state index < -0.39 is 11.6 Å². The summed E-state index contributed by atoms with van der Waals surface area (Å²) in [4.78, 5) is 0. The Labute approximate surface area is 124 Å². The zero-order valence-corrected chi connectivity index (χ0v) is 12.7. The molecule has 0 saturated heterocycles. The van der Waals surface area contributed by atoms with E-state index in [0.717, 1.165) is 17.2 Å². The molecule has 2 rings (SSSR count). The van der Waals surface area contributed by atoms with Gasteiger partial charge in [-0.05, 0) is 52.8 Å². The van der Waals surface area contributed by atoms with Crippen LogP contribution >= 0.6 is 0 Å². The van der Waals surface area contributed by atoms with Crippen LogP contribution in [0.4, 0.5) is 8.78 Å².